The number of imidazole rings is 1. The highest BCUT2D eigenvalue weighted by Gasteiger charge is 2.14. The van der Waals surface area contributed by atoms with E-state index in [-0.39, 0.29) is 4.21 Å². The van der Waals surface area contributed by atoms with Gasteiger partial charge in [0.05, 0.1) is 6.20 Å². The van der Waals surface area contributed by atoms with Crippen molar-refractivity contribution in [3.05, 3.63) is 24.4 Å². The first-order valence-electron chi connectivity index (χ1n) is 6.05. The van der Waals surface area contributed by atoms with Crippen molar-refractivity contribution in [3.63, 3.8) is 0 Å². The predicted molar refractivity (Wildman–Crippen MR) is 78.3 cm³/mol. The van der Waals surface area contributed by atoms with E-state index in [1.165, 1.54) is 6.20 Å². The fourth-order valence-electron chi connectivity index (χ4n) is 1.77. The molecule has 110 valence electrons. The van der Waals surface area contributed by atoms with E-state index in [4.69, 9.17) is 5.14 Å². The van der Waals surface area contributed by atoms with Gasteiger partial charge in [-0.1, -0.05) is 11.3 Å². The zero-order valence-corrected chi connectivity index (χ0v) is 13.0. The molecule has 0 aromatic carbocycles. The summed E-state index contributed by atoms with van der Waals surface area (Å²) in [5.41, 5.74) is 0. The van der Waals surface area contributed by atoms with Gasteiger partial charge in [-0.25, -0.2) is 23.5 Å². The molecule has 0 aliphatic rings. The lowest BCUT2D eigenvalue weighted by molar-refractivity contribution is 0.599. The number of nitrogens with two attached hydrogens (primary N) is 1. The van der Waals surface area contributed by atoms with Gasteiger partial charge in [-0.15, -0.1) is 0 Å². The molecule has 0 saturated heterocycles. The van der Waals surface area contributed by atoms with Crippen LogP contribution in [0.5, 0.6) is 0 Å². The first kappa shape index (κ1) is 14.9. The SMILES string of the molecule is Cc1nccn1CCCN(C)c1ncc(S(N)(=O)=O)s1. The average molecular weight is 315 g/mol. The van der Waals surface area contributed by atoms with Gasteiger partial charge in [-0.3, -0.25) is 0 Å². The lowest BCUT2D eigenvalue weighted by atomic mass is 10.4. The Balaban J connectivity index is 1.90. The zero-order chi connectivity index (χ0) is 14.8. The monoisotopic (exact) mass is 315 g/mol. The highest BCUT2D eigenvalue weighted by atomic mass is 32.2. The van der Waals surface area contributed by atoms with Gasteiger partial charge >= 0.3 is 0 Å². The summed E-state index contributed by atoms with van der Waals surface area (Å²) in [6, 6.07) is 0. The van der Waals surface area contributed by atoms with Crippen LogP contribution in [0.25, 0.3) is 0 Å². The minimum Gasteiger partial charge on any atom is -0.351 e. The quantitative estimate of drug-likeness (QED) is 0.852. The van der Waals surface area contributed by atoms with E-state index >= 15 is 0 Å². The normalized spacial score (nSPS) is 11.8. The third kappa shape index (κ3) is 3.56. The minimum absolute atomic E-state index is 0.0878. The summed E-state index contributed by atoms with van der Waals surface area (Å²) >= 11 is 1.08. The molecular weight excluding hydrogens is 298 g/mol. The van der Waals surface area contributed by atoms with E-state index in [2.05, 4.69) is 14.5 Å². The standard InChI is InChI=1S/C11H17N5O2S2/c1-9-13-4-7-16(9)6-3-5-15(2)11-14-8-10(19-11)20(12,17)18/h4,7-8H,3,5-6H2,1-2H3,(H2,12,17,18). The maximum absolute atomic E-state index is 11.2. The van der Waals surface area contributed by atoms with Crippen LogP contribution in [0.2, 0.25) is 0 Å². The van der Waals surface area contributed by atoms with Crippen molar-refractivity contribution in [2.75, 3.05) is 18.5 Å². The van der Waals surface area contributed by atoms with Crippen molar-refractivity contribution in [1.29, 1.82) is 0 Å². The number of hydrogen-bond donors (Lipinski definition) is 1. The number of aryl methyl sites for hydroxylation is 2. The number of aromatic nitrogens is 3. The highest BCUT2D eigenvalue weighted by Crippen LogP contribution is 2.24. The summed E-state index contributed by atoms with van der Waals surface area (Å²) in [6.45, 7) is 3.60. The maximum atomic E-state index is 11.2. The van der Waals surface area contributed by atoms with E-state index in [1.807, 2.05) is 25.1 Å². The van der Waals surface area contributed by atoms with Crippen LogP contribution in [-0.4, -0.2) is 36.5 Å². The van der Waals surface area contributed by atoms with Crippen molar-refractivity contribution in [2.45, 2.75) is 24.1 Å². The van der Waals surface area contributed by atoms with Gasteiger partial charge < -0.3 is 9.47 Å². The molecule has 2 heterocycles. The molecule has 0 bridgehead atoms. The summed E-state index contributed by atoms with van der Waals surface area (Å²) in [5.74, 6) is 0.985. The van der Waals surface area contributed by atoms with Gasteiger partial charge in [0.15, 0.2) is 9.34 Å². The van der Waals surface area contributed by atoms with Gasteiger partial charge in [0.25, 0.3) is 0 Å². The number of rotatable bonds is 6. The molecule has 0 aliphatic carbocycles. The van der Waals surface area contributed by atoms with E-state index in [1.54, 1.807) is 6.20 Å². The number of thiazole rings is 1. The topological polar surface area (TPSA) is 94.1 Å². The molecule has 0 aliphatic heterocycles. The Kier molecular flexibility index (Phi) is 4.41. The van der Waals surface area contributed by atoms with Crippen molar-refractivity contribution in [1.82, 2.24) is 14.5 Å². The summed E-state index contributed by atoms with van der Waals surface area (Å²) in [6.07, 6.45) is 5.93. The molecule has 0 radical (unpaired) electrons. The van der Waals surface area contributed by atoms with E-state index in [0.29, 0.717) is 5.13 Å². The molecule has 0 unspecified atom stereocenters. The first-order valence-corrected chi connectivity index (χ1v) is 8.41. The van der Waals surface area contributed by atoms with Crippen LogP contribution in [0.4, 0.5) is 5.13 Å². The summed E-state index contributed by atoms with van der Waals surface area (Å²) in [5, 5.41) is 5.71. The second-order valence-corrected chi connectivity index (χ2v) is 7.25. The molecule has 2 aromatic heterocycles. The Hall–Kier alpha value is -1.45. The van der Waals surface area contributed by atoms with E-state index < -0.39 is 10.0 Å². The highest BCUT2D eigenvalue weighted by molar-refractivity contribution is 7.91. The molecular formula is C11H17N5O2S2. The number of sulfonamides is 1. The molecule has 0 saturated carbocycles. The maximum Gasteiger partial charge on any atom is 0.249 e. The molecule has 20 heavy (non-hydrogen) atoms. The van der Waals surface area contributed by atoms with Crippen LogP contribution in [0.15, 0.2) is 22.8 Å². The van der Waals surface area contributed by atoms with Gasteiger partial charge in [-0.05, 0) is 13.3 Å². The van der Waals surface area contributed by atoms with E-state index in [0.717, 1.165) is 36.7 Å². The molecule has 0 amide bonds. The molecule has 2 rings (SSSR count). The Labute approximate surface area is 122 Å². The van der Waals surface area contributed by atoms with Gasteiger partial charge in [0.1, 0.15) is 5.82 Å². The molecule has 0 fully saturated rings. The second kappa shape index (κ2) is 5.90. The Morgan fingerprint density at radius 2 is 2.20 bits per heavy atom. The van der Waals surface area contributed by atoms with Gasteiger partial charge in [0, 0.05) is 32.5 Å². The predicted octanol–water partition coefficient (Wildman–Crippen LogP) is 0.822. The third-order valence-electron chi connectivity index (χ3n) is 2.90. The Bertz CT molecular complexity index is 677. The summed E-state index contributed by atoms with van der Waals surface area (Å²) in [4.78, 5) is 10.2. The van der Waals surface area contributed by atoms with E-state index in [9.17, 15) is 8.42 Å². The van der Waals surface area contributed by atoms with Crippen molar-refractivity contribution >= 4 is 26.5 Å². The number of nitrogens with zero attached hydrogens (tertiary/aromatic N) is 4. The summed E-state index contributed by atoms with van der Waals surface area (Å²) < 4.78 is 24.6. The molecule has 9 heteroatoms. The zero-order valence-electron chi connectivity index (χ0n) is 11.4. The van der Waals surface area contributed by atoms with Crippen LogP contribution in [0.3, 0.4) is 0 Å². The van der Waals surface area contributed by atoms with Crippen LogP contribution in [0, 0.1) is 6.92 Å². The van der Waals surface area contributed by atoms with Crippen LogP contribution in [0.1, 0.15) is 12.2 Å². The molecule has 7 nitrogen and oxygen atoms in total. The molecule has 0 spiro atoms. The smallest absolute Gasteiger partial charge is 0.249 e. The van der Waals surface area contributed by atoms with Gasteiger partial charge in [0.2, 0.25) is 10.0 Å². The number of anilines is 1. The van der Waals surface area contributed by atoms with Crippen molar-refractivity contribution < 1.29 is 8.42 Å². The van der Waals surface area contributed by atoms with Crippen LogP contribution < -0.4 is 10.0 Å². The van der Waals surface area contributed by atoms with Crippen molar-refractivity contribution in [3.8, 4) is 0 Å². The molecule has 0 atom stereocenters. The molecule has 2 aromatic rings. The first-order chi connectivity index (χ1) is 9.38. The third-order valence-corrected chi connectivity index (χ3v) is 5.41. The van der Waals surface area contributed by atoms with Crippen LogP contribution in [-0.2, 0) is 16.6 Å². The summed E-state index contributed by atoms with van der Waals surface area (Å²) in [7, 11) is -1.78. The number of hydrogen-bond acceptors (Lipinski definition) is 6. The number of primary sulfonamides is 1. The second-order valence-electron chi connectivity index (χ2n) is 4.45. The fraction of sp³-hybridized carbons (Fsp3) is 0.455. The van der Waals surface area contributed by atoms with Crippen molar-refractivity contribution in [2.24, 2.45) is 5.14 Å². The Morgan fingerprint density at radius 1 is 1.45 bits per heavy atom. The minimum atomic E-state index is -3.66. The molecule has 2 N–H and O–H groups in total. The lowest BCUT2D eigenvalue weighted by Crippen LogP contribution is -2.19. The van der Waals surface area contributed by atoms with Gasteiger partial charge in [-0.2, -0.15) is 0 Å². The Morgan fingerprint density at radius 3 is 2.75 bits per heavy atom. The fourth-order valence-corrected chi connectivity index (χ4v) is 3.30. The largest absolute Gasteiger partial charge is 0.351 e. The lowest BCUT2D eigenvalue weighted by Gasteiger charge is -2.15. The average Bonchev–Trinajstić information content (AvgIpc) is 2.98. The van der Waals surface area contributed by atoms with Crippen LogP contribution >= 0.6 is 11.3 Å².